The van der Waals surface area contributed by atoms with Gasteiger partial charge in [0.25, 0.3) is 5.56 Å². The number of benzene rings is 1. The molecule has 0 bridgehead atoms. The molecule has 0 unspecified atom stereocenters. The maximum atomic E-state index is 12.9. The van der Waals surface area contributed by atoms with Crippen LogP contribution in [0.1, 0.15) is 35.7 Å². The summed E-state index contributed by atoms with van der Waals surface area (Å²) in [4.78, 5) is 29.9. The minimum absolute atomic E-state index is 0.266. The maximum Gasteiger partial charge on any atom is 0.339 e. The third-order valence-corrected chi connectivity index (χ3v) is 5.47. The van der Waals surface area contributed by atoms with E-state index < -0.39 is 5.97 Å². The van der Waals surface area contributed by atoms with E-state index in [0.717, 1.165) is 18.4 Å². The molecule has 2 aromatic heterocycles. The fourth-order valence-electron chi connectivity index (χ4n) is 2.45. The lowest BCUT2D eigenvalue weighted by Crippen LogP contribution is -2.22. The lowest BCUT2D eigenvalue weighted by atomic mass is 10.2. The van der Waals surface area contributed by atoms with Crippen LogP contribution in [0, 0.1) is 0 Å². The van der Waals surface area contributed by atoms with Crippen LogP contribution >= 0.6 is 34.5 Å². The molecule has 3 aromatic rings. The minimum Gasteiger partial charge on any atom is -0.462 e. The molecule has 0 fully saturated rings. The summed E-state index contributed by atoms with van der Waals surface area (Å²) in [6, 6.07) is 5.17. The van der Waals surface area contributed by atoms with Crippen molar-refractivity contribution >= 4 is 50.7 Å². The number of thiophene rings is 1. The van der Waals surface area contributed by atoms with E-state index in [9.17, 15) is 9.59 Å². The van der Waals surface area contributed by atoms with Crippen molar-refractivity contribution in [1.29, 1.82) is 0 Å². The summed E-state index contributed by atoms with van der Waals surface area (Å²) in [6.07, 6.45) is 3.18. The van der Waals surface area contributed by atoms with Crippen molar-refractivity contribution in [3.63, 3.8) is 0 Å². The van der Waals surface area contributed by atoms with Crippen LogP contribution in [0.15, 0.2) is 34.7 Å². The highest BCUT2D eigenvalue weighted by molar-refractivity contribution is 7.17. The molecular weight excluding hydrogens is 395 g/mol. The summed E-state index contributed by atoms with van der Waals surface area (Å²) in [6.45, 7) is 2.63. The van der Waals surface area contributed by atoms with Crippen LogP contribution in [-0.4, -0.2) is 22.1 Å². The Morgan fingerprint density at radius 3 is 2.85 bits per heavy atom. The van der Waals surface area contributed by atoms with Crippen molar-refractivity contribution in [1.82, 2.24) is 9.55 Å². The highest BCUT2D eigenvalue weighted by atomic mass is 35.5. The number of esters is 1. The number of rotatable bonds is 6. The van der Waals surface area contributed by atoms with Gasteiger partial charge in [0.05, 0.1) is 40.5 Å². The summed E-state index contributed by atoms with van der Waals surface area (Å²) in [5.74, 6) is -0.490. The summed E-state index contributed by atoms with van der Waals surface area (Å²) in [7, 11) is 0. The fourth-order valence-corrected chi connectivity index (χ4v) is 3.64. The van der Waals surface area contributed by atoms with E-state index in [0.29, 0.717) is 26.9 Å². The molecule has 0 amide bonds. The summed E-state index contributed by atoms with van der Waals surface area (Å²) in [5, 5.41) is 2.78. The molecule has 0 aliphatic rings. The Morgan fingerprint density at radius 1 is 1.31 bits per heavy atom. The molecule has 2 heterocycles. The summed E-state index contributed by atoms with van der Waals surface area (Å²) < 4.78 is 6.68. The molecule has 3 rings (SSSR count). The highest BCUT2D eigenvalue weighted by Crippen LogP contribution is 2.24. The van der Waals surface area contributed by atoms with E-state index in [4.69, 9.17) is 27.9 Å². The lowest BCUT2D eigenvalue weighted by molar-refractivity contribution is 0.0502. The topological polar surface area (TPSA) is 61.2 Å². The standard InChI is InChI=1S/C18H16Cl2N2O3S/c1-2-3-6-25-18(24)12-9-26-16-15(12)17(23)22(10-21-16)8-11-4-5-13(19)14(20)7-11/h4-5,7,9-10H,2-3,6,8H2,1H3. The van der Waals surface area contributed by atoms with Gasteiger partial charge in [-0.3, -0.25) is 9.36 Å². The van der Waals surface area contributed by atoms with Gasteiger partial charge >= 0.3 is 5.97 Å². The third-order valence-electron chi connectivity index (χ3n) is 3.85. The van der Waals surface area contributed by atoms with Crippen LogP contribution in [0.25, 0.3) is 10.2 Å². The maximum absolute atomic E-state index is 12.9. The summed E-state index contributed by atoms with van der Waals surface area (Å²) >= 11 is 13.2. The number of ether oxygens (including phenoxy) is 1. The number of hydrogen-bond acceptors (Lipinski definition) is 5. The Labute approximate surface area is 164 Å². The van der Waals surface area contributed by atoms with Crippen LogP contribution in [0.3, 0.4) is 0 Å². The fraction of sp³-hybridized carbons (Fsp3) is 0.278. The molecule has 26 heavy (non-hydrogen) atoms. The van der Waals surface area contributed by atoms with Gasteiger partial charge in [-0.25, -0.2) is 9.78 Å². The van der Waals surface area contributed by atoms with Gasteiger partial charge < -0.3 is 4.74 Å². The number of fused-ring (bicyclic) bond motifs is 1. The van der Waals surface area contributed by atoms with E-state index in [1.807, 2.05) is 6.92 Å². The second kappa shape index (κ2) is 8.20. The molecule has 8 heteroatoms. The van der Waals surface area contributed by atoms with Crippen molar-refractivity contribution in [3.05, 3.63) is 61.4 Å². The van der Waals surface area contributed by atoms with Crippen LogP contribution in [0.2, 0.25) is 10.0 Å². The normalized spacial score (nSPS) is 11.0. The SMILES string of the molecule is CCCCOC(=O)c1csc2ncn(Cc3ccc(Cl)c(Cl)c3)c(=O)c12. The Kier molecular flexibility index (Phi) is 5.96. The minimum atomic E-state index is -0.490. The predicted molar refractivity (Wildman–Crippen MR) is 105 cm³/mol. The first-order valence-corrected chi connectivity index (χ1v) is 9.72. The number of unbranched alkanes of at least 4 members (excludes halogenated alkanes) is 1. The quantitative estimate of drug-likeness (QED) is 0.433. The largest absolute Gasteiger partial charge is 0.462 e. The first-order valence-electron chi connectivity index (χ1n) is 8.09. The number of carbonyl (C=O) groups is 1. The van der Waals surface area contributed by atoms with Gasteiger partial charge in [0.1, 0.15) is 4.83 Å². The number of aromatic nitrogens is 2. The first kappa shape index (κ1) is 18.9. The third kappa shape index (κ3) is 3.92. The van der Waals surface area contributed by atoms with Crippen molar-refractivity contribution in [2.24, 2.45) is 0 Å². The number of nitrogens with zero attached hydrogens (tertiary/aromatic N) is 2. The van der Waals surface area contributed by atoms with E-state index in [2.05, 4.69) is 4.98 Å². The highest BCUT2D eigenvalue weighted by Gasteiger charge is 2.18. The summed E-state index contributed by atoms with van der Waals surface area (Å²) in [5.41, 5.74) is 0.789. The van der Waals surface area contributed by atoms with Gasteiger partial charge in [-0.2, -0.15) is 0 Å². The number of hydrogen-bond donors (Lipinski definition) is 0. The molecule has 1 aromatic carbocycles. The van der Waals surface area contributed by atoms with Crippen molar-refractivity contribution < 1.29 is 9.53 Å². The Hall–Kier alpha value is -1.89. The molecule has 0 spiro atoms. The van der Waals surface area contributed by atoms with E-state index in [-0.39, 0.29) is 17.7 Å². The second-order valence-corrected chi connectivity index (χ2v) is 7.42. The molecule has 5 nitrogen and oxygen atoms in total. The number of halogens is 2. The van der Waals surface area contributed by atoms with E-state index >= 15 is 0 Å². The van der Waals surface area contributed by atoms with E-state index in [1.165, 1.54) is 22.2 Å². The van der Waals surface area contributed by atoms with Gasteiger partial charge in [0, 0.05) is 5.38 Å². The van der Waals surface area contributed by atoms with Crippen molar-refractivity contribution in [3.8, 4) is 0 Å². The molecule has 136 valence electrons. The van der Waals surface area contributed by atoms with Gasteiger partial charge in [-0.1, -0.05) is 42.6 Å². The average Bonchev–Trinajstić information content (AvgIpc) is 3.05. The number of carbonyl (C=O) groups excluding carboxylic acids is 1. The molecule has 0 saturated heterocycles. The molecule has 0 saturated carbocycles. The molecule has 0 atom stereocenters. The van der Waals surface area contributed by atoms with Crippen LogP contribution in [0.4, 0.5) is 0 Å². The Morgan fingerprint density at radius 2 is 2.12 bits per heavy atom. The van der Waals surface area contributed by atoms with Crippen molar-refractivity contribution in [2.75, 3.05) is 6.61 Å². The average molecular weight is 411 g/mol. The van der Waals surface area contributed by atoms with Gasteiger partial charge in [0.15, 0.2) is 0 Å². The van der Waals surface area contributed by atoms with Gasteiger partial charge in [-0.05, 0) is 24.1 Å². The Bertz CT molecular complexity index is 1010. The zero-order chi connectivity index (χ0) is 18.7. The molecule has 0 radical (unpaired) electrons. The molecule has 0 aliphatic heterocycles. The van der Waals surface area contributed by atoms with Gasteiger partial charge in [-0.15, -0.1) is 11.3 Å². The monoisotopic (exact) mass is 410 g/mol. The second-order valence-electron chi connectivity index (χ2n) is 5.75. The molecule has 0 N–H and O–H groups in total. The molecule has 0 aliphatic carbocycles. The zero-order valence-corrected chi connectivity index (χ0v) is 16.3. The van der Waals surface area contributed by atoms with Gasteiger partial charge in [0.2, 0.25) is 0 Å². The molecular formula is C18H16Cl2N2O3S. The van der Waals surface area contributed by atoms with Crippen LogP contribution < -0.4 is 5.56 Å². The smallest absolute Gasteiger partial charge is 0.339 e. The predicted octanol–water partition coefficient (Wildman–Crippen LogP) is 4.77. The van der Waals surface area contributed by atoms with E-state index in [1.54, 1.807) is 23.6 Å². The Balaban J connectivity index is 1.94. The first-order chi connectivity index (χ1) is 12.5. The van der Waals surface area contributed by atoms with Crippen molar-refractivity contribution in [2.45, 2.75) is 26.3 Å². The van der Waals surface area contributed by atoms with Crippen LogP contribution in [-0.2, 0) is 11.3 Å². The van der Waals surface area contributed by atoms with Crippen LogP contribution in [0.5, 0.6) is 0 Å². The zero-order valence-electron chi connectivity index (χ0n) is 14.0. The lowest BCUT2D eigenvalue weighted by Gasteiger charge is -2.07.